The summed E-state index contributed by atoms with van der Waals surface area (Å²) < 4.78 is 35.2. The number of fused-ring (bicyclic) bond motifs is 1. The van der Waals surface area contributed by atoms with E-state index in [1.807, 2.05) is 31.2 Å². The van der Waals surface area contributed by atoms with Crippen LogP contribution >= 0.6 is 0 Å². The van der Waals surface area contributed by atoms with E-state index < -0.39 is 11.6 Å². The third-order valence-electron chi connectivity index (χ3n) is 6.28. The number of nitrogens with one attached hydrogen (secondary N) is 1. The summed E-state index contributed by atoms with van der Waals surface area (Å²) in [6.45, 7) is 13.4. The van der Waals surface area contributed by atoms with E-state index in [1.165, 1.54) is 6.33 Å². The fourth-order valence-electron chi connectivity index (χ4n) is 4.33. The van der Waals surface area contributed by atoms with Crippen LogP contribution in [0.2, 0.25) is 0 Å². The third-order valence-corrected chi connectivity index (χ3v) is 6.28. The molecule has 7 nitrogen and oxygen atoms in total. The summed E-state index contributed by atoms with van der Waals surface area (Å²) in [5.74, 6) is -1.49. The van der Waals surface area contributed by atoms with Crippen molar-refractivity contribution in [3.05, 3.63) is 76.4 Å². The molecule has 0 saturated carbocycles. The summed E-state index contributed by atoms with van der Waals surface area (Å²) in [6, 6.07) is 8.85. The highest BCUT2D eigenvalue weighted by Crippen LogP contribution is 2.40. The van der Waals surface area contributed by atoms with Crippen molar-refractivity contribution in [2.75, 3.05) is 43.4 Å². The van der Waals surface area contributed by atoms with Crippen molar-refractivity contribution in [2.24, 2.45) is 0 Å². The van der Waals surface area contributed by atoms with Crippen LogP contribution in [0, 0.1) is 18.2 Å². The number of hydrogen-bond donors (Lipinski definition) is 1. The predicted molar refractivity (Wildman–Crippen MR) is 132 cm³/mol. The number of aromatic nitrogens is 2. The van der Waals surface area contributed by atoms with Crippen molar-refractivity contribution in [2.45, 2.75) is 13.3 Å². The van der Waals surface area contributed by atoms with Crippen molar-refractivity contribution >= 4 is 29.0 Å². The van der Waals surface area contributed by atoms with Crippen LogP contribution in [0.3, 0.4) is 0 Å². The minimum atomic E-state index is -0.679. The highest BCUT2D eigenvalue weighted by molar-refractivity contribution is 5.76. The van der Waals surface area contributed by atoms with Crippen LogP contribution in [0.5, 0.6) is 11.6 Å². The lowest BCUT2D eigenvalue weighted by molar-refractivity contribution is 0.313. The average Bonchev–Trinajstić information content (AvgIpc) is 3.26. The molecule has 1 aliphatic heterocycles. The molecule has 3 aromatic rings. The number of piperazine rings is 1. The van der Waals surface area contributed by atoms with Gasteiger partial charge in [-0.3, -0.25) is 0 Å². The maximum atomic E-state index is 15.0. The van der Waals surface area contributed by atoms with Gasteiger partial charge in [0, 0.05) is 54.7 Å². The summed E-state index contributed by atoms with van der Waals surface area (Å²) in [6.07, 6.45) is 3.19. The number of allylic oxidation sites excluding steroid dienone is 1. The van der Waals surface area contributed by atoms with E-state index >= 15 is 4.39 Å². The molecular weight excluding hydrogens is 450 g/mol. The molecule has 0 bridgehead atoms. The van der Waals surface area contributed by atoms with Gasteiger partial charge in [0.25, 0.3) is 5.69 Å². The van der Waals surface area contributed by atoms with E-state index in [9.17, 15) is 4.39 Å². The van der Waals surface area contributed by atoms with Crippen LogP contribution < -0.4 is 15.0 Å². The monoisotopic (exact) mass is 474 g/mol. The highest BCUT2D eigenvalue weighted by atomic mass is 19.1. The number of ether oxygens (including phenoxy) is 1. The molecule has 2 aliphatic rings. The standard InChI is InChI=1S/C26H24F2N6O/c1-16-12-19-20(13-16)23(28)22(14-21(19)27)35-26-24(29-2)25(30-15-31-26)32-17-4-6-18(7-5-17)34-10-8-33(3)9-11-34/h4-7,13-15H,8-12H2,1,3H3,(H,30,31,32). The van der Waals surface area contributed by atoms with E-state index in [1.54, 1.807) is 6.08 Å². The molecule has 1 aromatic heterocycles. The summed E-state index contributed by atoms with van der Waals surface area (Å²) in [4.78, 5) is 16.3. The third kappa shape index (κ3) is 4.53. The molecule has 1 N–H and O–H groups in total. The Bertz CT molecular complexity index is 1340. The first-order chi connectivity index (χ1) is 16.9. The zero-order valence-corrected chi connectivity index (χ0v) is 19.5. The van der Waals surface area contributed by atoms with E-state index in [4.69, 9.17) is 11.3 Å². The lowest BCUT2D eigenvalue weighted by Gasteiger charge is -2.34. The van der Waals surface area contributed by atoms with Gasteiger partial charge in [0.05, 0.1) is 6.57 Å². The molecule has 0 radical (unpaired) electrons. The lowest BCUT2D eigenvalue weighted by atomic mass is 10.1. The van der Waals surface area contributed by atoms with Crippen LogP contribution in [0.4, 0.5) is 31.7 Å². The largest absolute Gasteiger partial charge is 0.446 e. The molecular formula is C26H24F2N6O. The molecule has 0 spiro atoms. The second kappa shape index (κ2) is 9.31. The van der Waals surface area contributed by atoms with E-state index in [0.717, 1.165) is 49.2 Å². The van der Waals surface area contributed by atoms with Crippen molar-refractivity contribution in [1.29, 1.82) is 0 Å². The molecule has 2 aromatic carbocycles. The van der Waals surface area contributed by atoms with E-state index in [-0.39, 0.29) is 28.7 Å². The molecule has 2 heterocycles. The van der Waals surface area contributed by atoms with Crippen LogP contribution in [0.1, 0.15) is 18.1 Å². The maximum absolute atomic E-state index is 15.0. The van der Waals surface area contributed by atoms with Gasteiger partial charge in [-0.2, -0.15) is 0 Å². The van der Waals surface area contributed by atoms with Crippen molar-refractivity contribution in [3.8, 4) is 11.6 Å². The van der Waals surface area contributed by atoms with E-state index in [0.29, 0.717) is 12.0 Å². The summed E-state index contributed by atoms with van der Waals surface area (Å²) in [7, 11) is 2.12. The second-order valence-electron chi connectivity index (χ2n) is 8.78. The molecule has 0 unspecified atom stereocenters. The minimum absolute atomic E-state index is 0.0253. The van der Waals surface area contributed by atoms with Gasteiger partial charge >= 0.3 is 0 Å². The fourth-order valence-corrected chi connectivity index (χ4v) is 4.33. The molecule has 1 saturated heterocycles. The zero-order valence-electron chi connectivity index (χ0n) is 19.5. The van der Waals surface area contributed by atoms with Crippen LogP contribution in [0.15, 0.2) is 42.2 Å². The van der Waals surface area contributed by atoms with Gasteiger partial charge in [0.2, 0.25) is 5.88 Å². The number of likely N-dealkylation sites (N-methyl/N-ethyl adjacent to an activating group) is 1. The van der Waals surface area contributed by atoms with E-state index in [2.05, 4.69) is 37.0 Å². The minimum Gasteiger partial charge on any atom is -0.446 e. The Morgan fingerprint density at radius 1 is 1.09 bits per heavy atom. The molecule has 0 atom stereocenters. The normalized spacial score (nSPS) is 15.4. The molecule has 9 heteroatoms. The van der Waals surface area contributed by atoms with Crippen molar-refractivity contribution < 1.29 is 13.5 Å². The molecule has 35 heavy (non-hydrogen) atoms. The second-order valence-corrected chi connectivity index (χ2v) is 8.78. The number of rotatable bonds is 5. The summed E-state index contributed by atoms with van der Waals surface area (Å²) in [5, 5.41) is 3.11. The van der Waals surface area contributed by atoms with Gasteiger partial charge in [-0.1, -0.05) is 11.6 Å². The van der Waals surface area contributed by atoms with Crippen LogP contribution in [-0.2, 0) is 6.42 Å². The number of benzene rings is 2. The first-order valence-corrected chi connectivity index (χ1v) is 11.3. The molecule has 0 amide bonds. The Labute approximate surface area is 202 Å². The topological polar surface area (TPSA) is 57.9 Å². The van der Waals surface area contributed by atoms with Crippen LogP contribution in [-0.4, -0.2) is 48.1 Å². The lowest BCUT2D eigenvalue weighted by Crippen LogP contribution is -2.44. The van der Waals surface area contributed by atoms with Gasteiger partial charge in [0.1, 0.15) is 18.0 Å². The summed E-state index contributed by atoms with van der Waals surface area (Å²) >= 11 is 0. The SMILES string of the molecule is [C-]#[N+]c1c(Nc2ccc(N3CCN(C)CC3)cc2)ncnc1Oc1cc(F)c2c(c1F)C=C(C)C2. The van der Waals surface area contributed by atoms with Crippen molar-refractivity contribution in [3.63, 3.8) is 0 Å². The van der Waals surface area contributed by atoms with Gasteiger partial charge in [0.15, 0.2) is 11.6 Å². The zero-order chi connectivity index (χ0) is 24.5. The smallest absolute Gasteiger partial charge is 0.288 e. The fraction of sp³-hybridized carbons (Fsp3) is 0.269. The first-order valence-electron chi connectivity index (χ1n) is 11.3. The first kappa shape index (κ1) is 22.7. The number of nitrogens with zero attached hydrogens (tertiary/aromatic N) is 5. The number of hydrogen-bond acceptors (Lipinski definition) is 6. The Hall–Kier alpha value is -4.03. The Morgan fingerprint density at radius 3 is 2.54 bits per heavy atom. The van der Waals surface area contributed by atoms with Crippen molar-refractivity contribution in [1.82, 2.24) is 14.9 Å². The maximum Gasteiger partial charge on any atom is 0.288 e. The average molecular weight is 475 g/mol. The molecule has 1 aliphatic carbocycles. The van der Waals surface area contributed by atoms with Crippen LogP contribution in [0.25, 0.3) is 10.9 Å². The number of halogens is 2. The van der Waals surface area contributed by atoms with Gasteiger partial charge in [-0.15, -0.1) is 0 Å². The Morgan fingerprint density at radius 2 is 1.83 bits per heavy atom. The molecule has 1 fully saturated rings. The highest BCUT2D eigenvalue weighted by Gasteiger charge is 2.24. The quantitative estimate of drug-likeness (QED) is 0.489. The Balaban J connectivity index is 1.38. The van der Waals surface area contributed by atoms with Gasteiger partial charge in [-0.25, -0.2) is 23.6 Å². The van der Waals surface area contributed by atoms with Gasteiger partial charge in [-0.05, 0) is 44.7 Å². The summed E-state index contributed by atoms with van der Waals surface area (Å²) in [5.41, 5.74) is 3.18. The number of anilines is 3. The molecule has 5 rings (SSSR count). The molecule has 178 valence electrons. The predicted octanol–water partition coefficient (Wildman–Crippen LogP) is 5.55. The Kier molecular flexibility index (Phi) is 6.05. The van der Waals surface area contributed by atoms with Gasteiger partial charge < -0.3 is 19.9 Å².